The van der Waals surface area contributed by atoms with Crippen LogP contribution in [0.2, 0.25) is 0 Å². The molecule has 7 aromatic heterocycles. The highest BCUT2D eigenvalue weighted by atomic mass is 32.1. The van der Waals surface area contributed by atoms with Crippen LogP contribution in [0.25, 0.3) is 43.4 Å². The van der Waals surface area contributed by atoms with Crippen LogP contribution < -0.4 is 37.6 Å². The third kappa shape index (κ3) is 12.7. The summed E-state index contributed by atoms with van der Waals surface area (Å²) in [5, 5.41) is 37.0. The Hall–Kier alpha value is -7.35. The maximum Gasteiger partial charge on any atom is 0.413 e. The van der Waals surface area contributed by atoms with Crippen molar-refractivity contribution >= 4 is 115 Å². The number of thiazole rings is 6. The number of rotatable bonds is 9. The van der Waals surface area contributed by atoms with Crippen molar-refractivity contribution in [3.8, 4) is 43.4 Å². The molecule has 1 aliphatic carbocycles. The molecule has 0 spiro atoms. The van der Waals surface area contributed by atoms with Crippen molar-refractivity contribution in [2.45, 2.75) is 76.0 Å². The molecule has 0 radical (unpaired) electrons. The fourth-order valence-electron chi connectivity index (χ4n) is 8.47. The summed E-state index contributed by atoms with van der Waals surface area (Å²) in [5.74, 6) is -2.80. The molecule has 0 saturated heterocycles. The maximum absolute atomic E-state index is 14.2. The molecule has 29 heteroatoms. The van der Waals surface area contributed by atoms with Gasteiger partial charge in [-0.15, -0.1) is 56.7 Å². The molecule has 10 rings (SSSR count). The number of hydrogen-bond acceptors (Lipinski definition) is 23. The average Bonchev–Trinajstić information content (AvgIpc) is 4.33. The second kappa shape index (κ2) is 24.3. The van der Waals surface area contributed by atoms with Gasteiger partial charge in [-0.05, 0) is 50.3 Å². The van der Waals surface area contributed by atoms with Crippen molar-refractivity contribution in [2.75, 3.05) is 31.3 Å². The number of methoxy groups -OCH3 is 1. The lowest BCUT2D eigenvalue weighted by atomic mass is 9.94. The number of carbonyl (C=O) groups excluding carboxylic acids is 6. The van der Waals surface area contributed by atoms with E-state index in [1.807, 2.05) is 0 Å². The number of anilines is 2. The lowest BCUT2D eigenvalue weighted by Gasteiger charge is -2.25. The summed E-state index contributed by atoms with van der Waals surface area (Å²) >= 11 is 6.99. The SMILES string of the molecule is CNC(=O)C[C@@H]1NC(=O)c2csc(n2)-c2ccc(-c3nc(NC(=O)O[C@H]4CC[C@H](N)CC4)cs3)nc2-c2csc(n2)-c2csc(n2)[C@H]([C@@H](O)c2ccccc2)NC(=O)CNC(=O)c2nc(sc2COC)NC(=O)c2nc1sc2C. The van der Waals surface area contributed by atoms with E-state index in [4.69, 9.17) is 35.1 Å². The van der Waals surface area contributed by atoms with Crippen LogP contribution in [-0.4, -0.2) is 108 Å². The number of ether oxygens (including phenoxy) is 2. The van der Waals surface area contributed by atoms with Gasteiger partial charge in [0.25, 0.3) is 17.7 Å². The Labute approximate surface area is 473 Å². The van der Waals surface area contributed by atoms with Crippen LogP contribution in [-0.2, 0) is 25.7 Å². The van der Waals surface area contributed by atoms with E-state index in [0.717, 1.165) is 35.5 Å². The molecule has 1 saturated carbocycles. The summed E-state index contributed by atoms with van der Waals surface area (Å²) in [6, 6.07) is 10.3. The van der Waals surface area contributed by atoms with E-state index in [2.05, 4.69) is 46.9 Å². The number of aliphatic hydroxyl groups excluding tert-OH is 1. The molecule has 9 N–H and O–H groups in total. The normalized spacial score (nSPS) is 18.4. The summed E-state index contributed by atoms with van der Waals surface area (Å²) in [7, 11) is 2.89. The van der Waals surface area contributed by atoms with Crippen LogP contribution in [0.1, 0.15) is 107 Å². The largest absolute Gasteiger partial charge is 0.446 e. The van der Waals surface area contributed by atoms with Crippen LogP contribution in [0.15, 0.2) is 64.0 Å². The van der Waals surface area contributed by atoms with E-state index in [1.54, 1.807) is 70.9 Å². The summed E-state index contributed by atoms with van der Waals surface area (Å²) < 4.78 is 11.0. The number of aryl methyl sites for hydroxylation is 1. The van der Waals surface area contributed by atoms with Gasteiger partial charge in [0.05, 0.1) is 36.2 Å². The number of hydrogen-bond donors (Lipinski definition) is 8. The zero-order valence-electron chi connectivity index (χ0n) is 42.1. The summed E-state index contributed by atoms with van der Waals surface area (Å²) in [6.45, 7) is 1.09. The molecule has 1 fully saturated rings. The lowest BCUT2D eigenvalue weighted by Crippen LogP contribution is -2.40. The molecule has 79 heavy (non-hydrogen) atoms. The predicted octanol–water partition coefficient (Wildman–Crippen LogP) is 7.26. The number of aliphatic hydroxyl groups is 1. The first kappa shape index (κ1) is 55.0. The molecule has 8 aromatic rings. The molecule has 1 aromatic carbocycles. The van der Waals surface area contributed by atoms with Crippen molar-refractivity contribution < 1.29 is 43.3 Å². The van der Waals surface area contributed by atoms with Gasteiger partial charge in [-0.3, -0.25) is 34.6 Å². The molecular formula is C50H48N14O9S6. The van der Waals surface area contributed by atoms with E-state index >= 15 is 0 Å². The van der Waals surface area contributed by atoms with E-state index in [0.29, 0.717) is 76.5 Å². The highest BCUT2D eigenvalue weighted by Crippen LogP contribution is 2.40. The van der Waals surface area contributed by atoms with Crippen molar-refractivity contribution in [1.29, 1.82) is 0 Å². The number of fused-ring (bicyclic) bond motifs is 14. The highest BCUT2D eigenvalue weighted by molar-refractivity contribution is 7.16. The average molecular weight is 1180 g/mol. The Morgan fingerprint density at radius 2 is 1.48 bits per heavy atom. The van der Waals surface area contributed by atoms with Crippen molar-refractivity contribution in [3.63, 3.8) is 0 Å². The number of nitrogens with one attached hydrogen (secondary N) is 6. The second-order valence-electron chi connectivity index (χ2n) is 18.0. The second-order valence-corrected chi connectivity index (χ2v) is 23.7. The van der Waals surface area contributed by atoms with Gasteiger partial charge in [0.1, 0.15) is 83.3 Å². The van der Waals surface area contributed by atoms with Crippen LogP contribution in [0.5, 0.6) is 0 Å². The minimum atomic E-state index is -1.27. The summed E-state index contributed by atoms with van der Waals surface area (Å²) in [5.41, 5.74) is 8.65. The summed E-state index contributed by atoms with van der Waals surface area (Å²) in [4.78, 5) is 116. The molecule has 1 aliphatic heterocycles. The summed E-state index contributed by atoms with van der Waals surface area (Å²) in [6.07, 6.45) is 0.551. The number of benzene rings is 1. The fraction of sp³-hybridized carbons (Fsp3) is 0.300. The Kier molecular flexibility index (Phi) is 16.9. The standard InChI is InChI=1S/C50H48N14O9S6/c1-22-36-43(70)64-49-63-38(32(79-49)17-72-3)42(69)53-16-35(66)61-39(40(67)23-7-5-4-6-8-23)48-58-31(20-76-48)46-56-29(18-75-46)37-26(44-57-30(19-74-44)41(68)55-28(15-34(65)52-2)47(62-36)78-22)13-14-27(54-37)45-59-33(21-77-45)60-50(71)73-25-11-9-24(51)10-12-25/h4-8,13-14,18-21,24-25,28,39-40,67H,9-12,15-17,51H2,1-3H3,(H,52,65)(H,53,69)(H,55,68)(H,60,71)(H,61,66)(H,63,64,70)/t24-,25-,28-,39-,40-/m0/s1. The molecular weight excluding hydrogens is 1130 g/mol. The van der Waals surface area contributed by atoms with Gasteiger partial charge in [0.2, 0.25) is 11.8 Å². The Bertz CT molecular complexity index is 3570. The highest BCUT2D eigenvalue weighted by Gasteiger charge is 2.32. The van der Waals surface area contributed by atoms with Crippen molar-refractivity contribution in [1.82, 2.24) is 56.2 Å². The third-order valence-corrected chi connectivity index (χ3v) is 18.0. The first-order chi connectivity index (χ1) is 38.2. The van der Waals surface area contributed by atoms with Crippen LogP contribution in [0.4, 0.5) is 15.7 Å². The zero-order valence-corrected chi connectivity index (χ0v) is 47.0. The molecule has 3 atom stereocenters. The van der Waals surface area contributed by atoms with Gasteiger partial charge in [0, 0.05) is 52.2 Å². The smallest absolute Gasteiger partial charge is 0.413 e. The van der Waals surface area contributed by atoms with Crippen molar-refractivity contribution in [3.05, 3.63) is 106 Å². The van der Waals surface area contributed by atoms with Gasteiger partial charge in [-0.2, -0.15) is 0 Å². The van der Waals surface area contributed by atoms with Crippen LogP contribution in [0, 0.1) is 6.92 Å². The Morgan fingerprint density at radius 1 is 0.747 bits per heavy atom. The topological polar surface area (TPSA) is 330 Å². The van der Waals surface area contributed by atoms with Crippen LogP contribution in [0.3, 0.4) is 0 Å². The number of aromatic nitrogens is 7. The number of nitrogens with zero attached hydrogens (tertiary/aromatic N) is 7. The third-order valence-electron chi connectivity index (χ3n) is 12.5. The number of carbonyl (C=O) groups is 6. The minimum absolute atomic E-state index is 0.00643. The quantitative estimate of drug-likeness (QED) is 0.0705. The first-order valence-corrected chi connectivity index (χ1v) is 29.5. The van der Waals surface area contributed by atoms with Gasteiger partial charge < -0.3 is 41.6 Å². The molecule has 2 aliphatic rings. The molecule has 408 valence electrons. The Balaban J connectivity index is 1.02. The molecule has 10 bridgehead atoms. The molecule has 0 unspecified atom stereocenters. The fourth-order valence-corrected chi connectivity index (χ4v) is 13.6. The van der Waals surface area contributed by atoms with Gasteiger partial charge in [0.15, 0.2) is 5.13 Å². The van der Waals surface area contributed by atoms with Gasteiger partial charge in [-0.1, -0.05) is 41.7 Å². The Morgan fingerprint density at radius 3 is 2.27 bits per heavy atom. The van der Waals surface area contributed by atoms with Gasteiger partial charge in [-0.25, -0.2) is 39.7 Å². The minimum Gasteiger partial charge on any atom is -0.446 e. The van der Waals surface area contributed by atoms with E-state index in [9.17, 15) is 33.9 Å². The lowest BCUT2D eigenvalue weighted by molar-refractivity contribution is -0.122. The van der Waals surface area contributed by atoms with Crippen molar-refractivity contribution in [2.24, 2.45) is 5.73 Å². The maximum atomic E-state index is 14.2. The van der Waals surface area contributed by atoms with E-state index < -0.39 is 60.4 Å². The first-order valence-electron chi connectivity index (χ1n) is 24.4. The van der Waals surface area contributed by atoms with Gasteiger partial charge >= 0.3 is 6.09 Å². The monoisotopic (exact) mass is 1180 g/mol. The molecule has 8 heterocycles. The number of nitrogens with two attached hydrogens (primary N) is 1. The molecule has 23 nitrogen and oxygen atoms in total. The van der Waals surface area contributed by atoms with E-state index in [-0.39, 0.29) is 58.2 Å². The number of pyridine rings is 1. The van der Waals surface area contributed by atoms with E-state index in [1.165, 1.54) is 59.5 Å². The number of amides is 6. The predicted molar refractivity (Wildman–Crippen MR) is 300 cm³/mol. The zero-order chi connectivity index (χ0) is 55.3. The molecule has 6 amide bonds. The van der Waals surface area contributed by atoms with Crippen LogP contribution >= 0.6 is 68.0 Å².